The van der Waals surface area contributed by atoms with Crippen molar-refractivity contribution in [2.24, 2.45) is 0 Å². The summed E-state index contributed by atoms with van der Waals surface area (Å²) in [5, 5.41) is 4.30. The Bertz CT molecular complexity index is 563. The van der Waals surface area contributed by atoms with E-state index in [0.29, 0.717) is 6.54 Å². The van der Waals surface area contributed by atoms with Gasteiger partial charge in [0.05, 0.1) is 0 Å². The molecule has 0 unspecified atom stereocenters. The maximum atomic E-state index is 11.8. The second-order valence-electron chi connectivity index (χ2n) is 4.23. The first-order valence-corrected chi connectivity index (χ1v) is 6.12. The summed E-state index contributed by atoms with van der Waals surface area (Å²) in [6.45, 7) is 2.17. The van der Waals surface area contributed by atoms with Gasteiger partial charge in [-0.05, 0) is 30.5 Å². The molecule has 96 valence electrons. The van der Waals surface area contributed by atoms with Gasteiger partial charge in [0, 0.05) is 31.3 Å². The molecule has 0 aliphatic rings. The number of hydrogen-bond donors (Lipinski definition) is 2. The summed E-state index contributed by atoms with van der Waals surface area (Å²) in [4.78, 5) is 14.7. The van der Waals surface area contributed by atoms with E-state index in [0.717, 1.165) is 36.0 Å². The van der Waals surface area contributed by atoms with Gasteiger partial charge >= 0.3 is 0 Å². The number of pyridine rings is 1. The van der Waals surface area contributed by atoms with Gasteiger partial charge < -0.3 is 15.0 Å². The minimum atomic E-state index is -0.0204. The molecule has 0 spiro atoms. The zero-order chi connectivity index (χ0) is 12.8. The second kappa shape index (κ2) is 6.33. The lowest BCUT2D eigenvalue weighted by atomic mass is 10.1. The molecule has 0 saturated heterocycles. The number of methoxy groups -OCH3 is 1. The van der Waals surface area contributed by atoms with Crippen LogP contribution in [0.4, 0.5) is 0 Å². The quantitative estimate of drug-likeness (QED) is 0.762. The standard InChI is InChI=1S/C14H18N2O2/c1-18-8-4-7-15-10-12-9-11-5-2-3-6-13(11)16-14(12)17/h2-3,5-6,9,15H,4,7-8,10H2,1H3,(H,16,17). The predicted octanol–water partition coefficient (Wildman–Crippen LogP) is 1.65. The van der Waals surface area contributed by atoms with Gasteiger partial charge in [-0.25, -0.2) is 0 Å². The lowest BCUT2D eigenvalue weighted by molar-refractivity contribution is 0.194. The van der Waals surface area contributed by atoms with Crippen LogP contribution in [-0.4, -0.2) is 25.2 Å². The number of rotatable bonds is 6. The van der Waals surface area contributed by atoms with Crippen molar-refractivity contribution in [1.29, 1.82) is 0 Å². The summed E-state index contributed by atoms with van der Waals surface area (Å²) in [7, 11) is 1.69. The van der Waals surface area contributed by atoms with Crippen molar-refractivity contribution in [3.05, 3.63) is 46.2 Å². The highest BCUT2D eigenvalue weighted by atomic mass is 16.5. The van der Waals surface area contributed by atoms with Crippen LogP contribution in [-0.2, 0) is 11.3 Å². The maximum absolute atomic E-state index is 11.8. The van der Waals surface area contributed by atoms with Crippen molar-refractivity contribution < 1.29 is 4.74 Å². The molecule has 0 atom stereocenters. The fourth-order valence-electron chi connectivity index (χ4n) is 1.89. The maximum Gasteiger partial charge on any atom is 0.252 e. The summed E-state index contributed by atoms with van der Waals surface area (Å²) in [5.41, 5.74) is 1.63. The monoisotopic (exact) mass is 246 g/mol. The molecule has 0 bridgehead atoms. The predicted molar refractivity (Wildman–Crippen MR) is 72.8 cm³/mol. The van der Waals surface area contributed by atoms with E-state index in [1.807, 2.05) is 30.3 Å². The summed E-state index contributed by atoms with van der Waals surface area (Å²) in [5.74, 6) is 0. The number of ether oxygens (including phenoxy) is 1. The average molecular weight is 246 g/mol. The molecular weight excluding hydrogens is 228 g/mol. The van der Waals surface area contributed by atoms with E-state index in [4.69, 9.17) is 4.74 Å². The van der Waals surface area contributed by atoms with Crippen molar-refractivity contribution in [3.63, 3.8) is 0 Å². The van der Waals surface area contributed by atoms with Crippen LogP contribution in [0.25, 0.3) is 10.9 Å². The third-order valence-corrected chi connectivity index (χ3v) is 2.85. The Morgan fingerprint density at radius 3 is 3.00 bits per heavy atom. The zero-order valence-electron chi connectivity index (χ0n) is 10.5. The number of benzene rings is 1. The molecule has 4 heteroatoms. The van der Waals surface area contributed by atoms with E-state index in [1.165, 1.54) is 0 Å². The highest BCUT2D eigenvalue weighted by Crippen LogP contribution is 2.09. The van der Waals surface area contributed by atoms with Crippen molar-refractivity contribution in [1.82, 2.24) is 10.3 Å². The highest BCUT2D eigenvalue weighted by Gasteiger charge is 2.01. The lowest BCUT2D eigenvalue weighted by Crippen LogP contribution is -2.22. The zero-order valence-corrected chi connectivity index (χ0v) is 10.5. The van der Waals surface area contributed by atoms with Gasteiger partial charge in [0.25, 0.3) is 5.56 Å². The van der Waals surface area contributed by atoms with Crippen LogP contribution in [0.5, 0.6) is 0 Å². The van der Waals surface area contributed by atoms with Gasteiger partial charge in [-0.2, -0.15) is 0 Å². The molecule has 2 N–H and O–H groups in total. The Balaban J connectivity index is 2.04. The Kier molecular flexibility index (Phi) is 4.50. The Hall–Kier alpha value is -1.65. The number of aromatic nitrogens is 1. The molecule has 0 saturated carbocycles. The number of nitrogens with one attached hydrogen (secondary N) is 2. The molecule has 1 aromatic carbocycles. The normalized spacial score (nSPS) is 10.9. The minimum Gasteiger partial charge on any atom is -0.385 e. The van der Waals surface area contributed by atoms with Crippen molar-refractivity contribution in [2.45, 2.75) is 13.0 Å². The van der Waals surface area contributed by atoms with Crippen molar-refractivity contribution >= 4 is 10.9 Å². The van der Waals surface area contributed by atoms with Gasteiger partial charge in [-0.15, -0.1) is 0 Å². The van der Waals surface area contributed by atoms with E-state index < -0.39 is 0 Å². The largest absolute Gasteiger partial charge is 0.385 e. The molecule has 1 aromatic heterocycles. The van der Waals surface area contributed by atoms with Gasteiger partial charge in [0.1, 0.15) is 0 Å². The first kappa shape index (κ1) is 12.8. The van der Waals surface area contributed by atoms with Crippen LogP contribution < -0.4 is 10.9 Å². The van der Waals surface area contributed by atoms with Gasteiger partial charge in [0.15, 0.2) is 0 Å². The molecule has 0 fully saturated rings. The third kappa shape index (κ3) is 3.18. The highest BCUT2D eigenvalue weighted by molar-refractivity contribution is 5.78. The number of para-hydroxylation sites is 1. The second-order valence-corrected chi connectivity index (χ2v) is 4.23. The summed E-state index contributed by atoms with van der Waals surface area (Å²) in [6, 6.07) is 9.74. The SMILES string of the molecule is COCCCNCc1cc2ccccc2[nH]c1=O. The van der Waals surface area contributed by atoms with Crippen LogP contribution in [0.2, 0.25) is 0 Å². The molecular formula is C14H18N2O2. The van der Waals surface area contributed by atoms with Crippen LogP contribution in [0.15, 0.2) is 35.1 Å². The number of fused-ring (bicyclic) bond motifs is 1. The van der Waals surface area contributed by atoms with E-state index in [9.17, 15) is 4.79 Å². The molecule has 0 amide bonds. The summed E-state index contributed by atoms with van der Waals surface area (Å²) >= 11 is 0. The van der Waals surface area contributed by atoms with E-state index in [-0.39, 0.29) is 5.56 Å². The first-order chi connectivity index (χ1) is 8.81. The van der Waals surface area contributed by atoms with E-state index >= 15 is 0 Å². The van der Waals surface area contributed by atoms with Crippen LogP contribution in [0, 0.1) is 0 Å². The summed E-state index contributed by atoms with van der Waals surface area (Å²) < 4.78 is 4.97. The number of hydrogen-bond acceptors (Lipinski definition) is 3. The number of H-pyrrole nitrogens is 1. The van der Waals surface area contributed by atoms with Gasteiger partial charge in [-0.1, -0.05) is 18.2 Å². The lowest BCUT2D eigenvalue weighted by Gasteiger charge is -2.05. The molecule has 1 heterocycles. The van der Waals surface area contributed by atoms with Crippen molar-refractivity contribution in [3.8, 4) is 0 Å². The molecule has 0 aliphatic carbocycles. The minimum absolute atomic E-state index is 0.0204. The molecule has 2 aromatic rings. The Morgan fingerprint density at radius 2 is 2.17 bits per heavy atom. The van der Waals surface area contributed by atoms with E-state index in [1.54, 1.807) is 7.11 Å². The van der Waals surface area contributed by atoms with Crippen molar-refractivity contribution in [2.75, 3.05) is 20.3 Å². The van der Waals surface area contributed by atoms with Crippen LogP contribution in [0.1, 0.15) is 12.0 Å². The Labute approximate surface area is 106 Å². The molecule has 0 radical (unpaired) electrons. The smallest absolute Gasteiger partial charge is 0.252 e. The molecule has 18 heavy (non-hydrogen) atoms. The van der Waals surface area contributed by atoms with Gasteiger partial charge in [-0.3, -0.25) is 4.79 Å². The van der Waals surface area contributed by atoms with Crippen LogP contribution in [0.3, 0.4) is 0 Å². The topological polar surface area (TPSA) is 54.1 Å². The third-order valence-electron chi connectivity index (χ3n) is 2.85. The summed E-state index contributed by atoms with van der Waals surface area (Å²) in [6.07, 6.45) is 0.946. The van der Waals surface area contributed by atoms with E-state index in [2.05, 4.69) is 10.3 Å². The number of aromatic amines is 1. The van der Waals surface area contributed by atoms with Gasteiger partial charge in [0.2, 0.25) is 0 Å². The van der Waals surface area contributed by atoms with Crippen LogP contribution >= 0.6 is 0 Å². The Morgan fingerprint density at radius 1 is 1.33 bits per heavy atom. The molecule has 0 aliphatic heterocycles. The average Bonchev–Trinajstić information content (AvgIpc) is 2.39. The fourth-order valence-corrected chi connectivity index (χ4v) is 1.89. The fraction of sp³-hybridized carbons (Fsp3) is 0.357. The molecule has 4 nitrogen and oxygen atoms in total. The first-order valence-electron chi connectivity index (χ1n) is 6.12. The molecule has 2 rings (SSSR count).